The Kier molecular flexibility index (Phi) is 3.59. The number of benzene rings is 1. The van der Waals surface area contributed by atoms with Gasteiger partial charge in [-0.05, 0) is 13.8 Å². The summed E-state index contributed by atoms with van der Waals surface area (Å²) in [5.74, 6) is 0. The van der Waals surface area contributed by atoms with E-state index in [0.717, 1.165) is 6.42 Å². The quantitative estimate of drug-likeness (QED) is 0.511. The average Bonchev–Trinajstić information content (AvgIpc) is 2.36. The van der Waals surface area contributed by atoms with E-state index in [2.05, 4.69) is 56.7 Å². The predicted octanol–water partition coefficient (Wildman–Crippen LogP) is 0.107. The Bertz CT molecular complexity index is 405. The number of halogens is 1. The van der Waals surface area contributed by atoms with E-state index in [-0.39, 0.29) is 29.4 Å². The van der Waals surface area contributed by atoms with Gasteiger partial charge in [0.2, 0.25) is 5.69 Å². The Morgan fingerprint density at radius 3 is 2.33 bits per heavy atom. The van der Waals surface area contributed by atoms with Crippen molar-refractivity contribution < 1.29 is 28.6 Å². The standard InChI is InChI=1S/C13H18N.HI/c1-5-12-13(2,3)10-8-6-7-9-11(10)14(12)4;/h6-9H,5H2,1-4H3;1H/q+1;/p-1. The molecule has 1 aliphatic heterocycles. The van der Waals surface area contributed by atoms with Crippen molar-refractivity contribution in [2.45, 2.75) is 32.6 Å². The van der Waals surface area contributed by atoms with Gasteiger partial charge in [-0.3, -0.25) is 0 Å². The second kappa shape index (κ2) is 4.24. The fourth-order valence-electron chi connectivity index (χ4n) is 2.69. The molecule has 0 N–H and O–H groups in total. The van der Waals surface area contributed by atoms with Crippen molar-refractivity contribution in [3.8, 4) is 0 Å². The number of hydrogen-bond donors (Lipinski definition) is 0. The third-order valence-electron chi connectivity index (χ3n) is 3.40. The molecule has 0 amide bonds. The maximum atomic E-state index is 2.34. The average molecular weight is 315 g/mol. The van der Waals surface area contributed by atoms with Crippen molar-refractivity contribution in [3.63, 3.8) is 0 Å². The van der Waals surface area contributed by atoms with E-state index in [1.165, 1.54) is 17.0 Å². The summed E-state index contributed by atoms with van der Waals surface area (Å²) in [7, 11) is 2.17. The summed E-state index contributed by atoms with van der Waals surface area (Å²) in [6, 6.07) is 8.70. The normalized spacial score (nSPS) is 17.3. The van der Waals surface area contributed by atoms with E-state index >= 15 is 0 Å². The lowest BCUT2D eigenvalue weighted by Gasteiger charge is -2.16. The molecule has 15 heavy (non-hydrogen) atoms. The van der Waals surface area contributed by atoms with Crippen LogP contribution in [0.2, 0.25) is 0 Å². The molecule has 0 atom stereocenters. The molecule has 0 saturated carbocycles. The molecule has 1 aromatic carbocycles. The maximum Gasteiger partial charge on any atom is 0.209 e. The molecule has 1 nitrogen and oxygen atoms in total. The minimum atomic E-state index is 0. The Morgan fingerprint density at radius 2 is 1.80 bits per heavy atom. The van der Waals surface area contributed by atoms with Gasteiger partial charge < -0.3 is 24.0 Å². The molecule has 0 fully saturated rings. The van der Waals surface area contributed by atoms with Gasteiger partial charge in [0, 0.05) is 18.1 Å². The van der Waals surface area contributed by atoms with E-state index in [0.29, 0.717) is 0 Å². The highest BCUT2D eigenvalue weighted by Crippen LogP contribution is 2.39. The van der Waals surface area contributed by atoms with Crippen molar-refractivity contribution >= 4 is 11.4 Å². The second-order valence-corrected chi connectivity index (χ2v) is 4.50. The molecule has 0 bridgehead atoms. The third-order valence-corrected chi connectivity index (χ3v) is 3.40. The number of fused-ring (bicyclic) bond motifs is 1. The van der Waals surface area contributed by atoms with E-state index in [4.69, 9.17) is 0 Å². The monoisotopic (exact) mass is 315 g/mol. The molecular formula is C13H18IN. The number of rotatable bonds is 1. The molecule has 1 heterocycles. The predicted molar refractivity (Wildman–Crippen MR) is 60.6 cm³/mol. The van der Waals surface area contributed by atoms with Crippen LogP contribution in [0, 0.1) is 0 Å². The van der Waals surface area contributed by atoms with Gasteiger partial charge in [-0.25, -0.2) is 4.58 Å². The van der Waals surface area contributed by atoms with Crippen LogP contribution in [0.3, 0.4) is 0 Å². The smallest absolute Gasteiger partial charge is 0.209 e. The summed E-state index contributed by atoms with van der Waals surface area (Å²) >= 11 is 0. The van der Waals surface area contributed by atoms with Crippen LogP contribution in [-0.4, -0.2) is 17.3 Å². The van der Waals surface area contributed by atoms with Gasteiger partial charge in [0.1, 0.15) is 7.05 Å². The molecule has 0 aromatic heterocycles. The first-order valence-electron chi connectivity index (χ1n) is 5.28. The number of para-hydroxylation sites is 1. The largest absolute Gasteiger partial charge is 1.00 e. The first kappa shape index (κ1) is 12.7. The highest BCUT2D eigenvalue weighted by atomic mass is 127. The topological polar surface area (TPSA) is 3.01 Å². The molecule has 0 saturated heterocycles. The summed E-state index contributed by atoms with van der Waals surface area (Å²) in [6.07, 6.45) is 1.12. The van der Waals surface area contributed by atoms with Gasteiger partial charge in [0.15, 0.2) is 5.71 Å². The highest BCUT2D eigenvalue weighted by Gasteiger charge is 2.42. The molecule has 0 unspecified atom stereocenters. The van der Waals surface area contributed by atoms with Gasteiger partial charge in [0.25, 0.3) is 0 Å². The zero-order valence-corrected chi connectivity index (χ0v) is 12.0. The highest BCUT2D eigenvalue weighted by molar-refractivity contribution is 5.94. The molecular weight excluding hydrogens is 297 g/mol. The van der Waals surface area contributed by atoms with Crippen molar-refractivity contribution in [3.05, 3.63) is 29.8 Å². The molecule has 1 aliphatic rings. The van der Waals surface area contributed by atoms with Crippen LogP contribution in [0.4, 0.5) is 5.69 Å². The third kappa shape index (κ3) is 1.73. The van der Waals surface area contributed by atoms with Crippen molar-refractivity contribution in [2.75, 3.05) is 7.05 Å². The summed E-state index contributed by atoms with van der Waals surface area (Å²) in [5.41, 5.74) is 4.55. The Hall–Kier alpha value is -0.380. The summed E-state index contributed by atoms with van der Waals surface area (Å²) in [6.45, 7) is 6.86. The maximum absolute atomic E-state index is 2.34. The van der Waals surface area contributed by atoms with Gasteiger partial charge in [-0.2, -0.15) is 0 Å². The van der Waals surface area contributed by atoms with Gasteiger partial charge in [-0.15, -0.1) is 0 Å². The van der Waals surface area contributed by atoms with Crippen LogP contribution < -0.4 is 24.0 Å². The van der Waals surface area contributed by atoms with Crippen molar-refractivity contribution in [2.24, 2.45) is 0 Å². The SMILES string of the molecule is CCC1=[N+](C)c2ccccc2C1(C)C.[I-]. The lowest BCUT2D eigenvalue weighted by Crippen LogP contribution is -3.00. The lowest BCUT2D eigenvalue weighted by molar-refractivity contribution is -0.403. The first-order valence-corrected chi connectivity index (χ1v) is 5.28. The molecule has 0 spiro atoms. The second-order valence-electron chi connectivity index (χ2n) is 4.50. The fraction of sp³-hybridized carbons (Fsp3) is 0.462. The molecule has 82 valence electrons. The molecule has 1 aromatic rings. The molecule has 2 rings (SSSR count). The minimum absolute atomic E-state index is 0. The zero-order chi connectivity index (χ0) is 10.3. The number of nitrogens with zero attached hydrogens (tertiary/aromatic N) is 1. The van der Waals surface area contributed by atoms with Gasteiger partial charge in [0.05, 0.1) is 5.41 Å². The van der Waals surface area contributed by atoms with E-state index < -0.39 is 0 Å². The Labute approximate surface area is 109 Å². The van der Waals surface area contributed by atoms with E-state index in [1.54, 1.807) is 0 Å². The van der Waals surface area contributed by atoms with Crippen LogP contribution in [0.25, 0.3) is 0 Å². The van der Waals surface area contributed by atoms with E-state index in [1.807, 2.05) is 0 Å². The molecule has 0 aliphatic carbocycles. The van der Waals surface area contributed by atoms with Crippen molar-refractivity contribution in [1.29, 1.82) is 0 Å². The van der Waals surface area contributed by atoms with Crippen LogP contribution in [0.15, 0.2) is 24.3 Å². The Morgan fingerprint density at radius 1 is 1.20 bits per heavy atom. The summed E-state index contributed by atoms with van der Waals surface area (Å²) < 4.78 is 2.34. The zero-order valence-electron chi connectivity index (χ0n) is 9.84. The van der Waals surface area contributed by atoms with Crippen LogP contribution >= 0.6 is 0 Å². The minimum Gasteiger partial charge on any atom is -1.00 e. The molecule has 0 radical (unpaired) electrons. The first-order chi connectivity index (χ1) is 6.59. The summed E-state index contributed by atoms with van der Waals surface area (Å²) in [4.78, 5) is 0. The van der Waals surface area contributed by atoms with Crippen molar-refractivity contribution in [1.82, 2.24) is 0 Å². The van der Waals surface area contributed by atoms with Gasteiger partial charge >= 0.3 is 0 Å². The Balaban J connectivity index is 0.00000112. The van der Waals surface area contributed by atoms with Gasteiger partial charge in [-0.1, -0.05) is 25.1 Å². The lowest BCUT2D eigenvalue weighted by atomic mass is 9.81. The summed E-state index contributed by atoms with van der Waals surface area (Å²) in [5, 5.41) is 0. The van der Waals surface area contributed by atoms with Crippen LogP contribution in [-0.2, 0) is 5.41 Å². The van der Waals surface area contributed by atoms with Crippen LogP contribution in [0.5, 0.6) is 0 Å². The van der Waals surface area contributed by atoms with E-state index in [9.17, 15) is 0 Å². The number of hydrogen-bond acceptors (Lipinski definition) is 0. The fourth-order valence-corrected chi connectivity index (χ4v) is 2.69. The molecule has 2 heteroatoms. The van der Waals surface area contributed by atoms with Crippen LogP contribution in [0.1, 0.15) is 32.8 Å².